The molecule has 1 atom stereocenters. The molecule has 0 aromatic carbocycles. The second-order valence-electron chi connectivity index (χ2n) is 4.83. The van der Waals surface area contributed by atoms with Crippen LogP contribution in [0.25, 0.3) is 0 Å². The molecule has 0 saturated carbocycles. The van der Waals surface area contributed by atoms with E-state index in [1.807, 2.05) is 32.1 Å². The first-order valence-electron chi connectivity index (χ1n) is 7.79. The molecule has 0 aromatic rings. The average molecular weight is 273 g/mol. The Hall–Kier alpha value is -1.30. The molecule has 20 heavy (non-hydrogen) atoms. The molecule has 0 radical (unpaired) electrons. The first-order valence-corrected chi connectivity index (χ1v) is 7.79. The van der Waals surface area contributed by atoms with Crippen LogP contribution in [0.2, 0.25) is 0 Å². The van der Waals surface area contributed by atoms with E-state index in [-0.39, 0.29) is 0 Å². The number of rotatable bonds is 5. The summed E-state index contributed by atoms with van der Waals surface area (Å²) in [5, 5.41) is 0. The summed E-state index contributed by atoms with van der Waals surface area (Å²) in [6.45, 7) is 16.5. The van der Waals surface area contributed by atoms with E-state index >= 15 is 0 Å². The highest BCUT2D eigenvalue weighted by molar-refractivity contribution is 5.30. The maximum atomic E-state index is 3.65. The molecule has 1 rings (SSSR count). The lowest BCUT2D eigenvalue weighted by Crippen LogP contribution is -2.29. The summed E-state index contributed by atoms with van der Waals surface area (Å²) in [7, 11) is 0. The van der Waals surface area contributed by atoms with Crippen LogP contribution in [0, 0.1) is 0 Å². The van der Waals surface area contributed by atoms with E-state index in [4.69, 9.17) is 0 Å². The molecule has 1 heterocycles. The first kappa shape index (κ1) is 18.7. The van der Waals surface area contributed by atoms with Gasteiger partial charge in [0.05, 0.1) is 0 Å². The van der Waals surface area contributed by atoms with Crippen LogP contribution in [0.1, 0.15) is 47.5 Å². The minimum atomic E-state index is 0.720. The number of hydrogen-bond acceptors (Lipinski definition) is 1. The van der Waals surface area contributed by atoms with Crippen LogP contribution < -0.4 is 0 Å². The van der Waals surface area contributed by atoms with E-state index < -0.39 is 0 Å². The molecule has 1 unspecified atom stereocenters. The Labute approximate surface area is 126 Å². The average Bonchev–Trinajstić information content (AvgIpc) is 2.88. The second-order valence-corrected chi connectivity index (χ2v) is 4.83. The molecule has 1 nitrogen and oxygen atoms in total. The Morgan fingerprint density at radius 1 is 1.35 bits per heavy atom. The second kappa shape index (κ2) is 11.5. The van der Waals surface area contributed by atoms with Crippen molar-refractivity contribution in [3.63, 3.8) is 0 Å². The van der Waals surface area contributed by atoms with Gasteiger partial charge in [0.2, 0.25) is 0 Å². The van der Waals surface area contributed by atoms with Crippen molar-refractivity contribution in [1.82, 2.24) is 4.90 Å². The molecule has 112 valence electrons. The fourth-order valence-corrected chi connectivity index (χ4v) is 2.27. The Balaban J connectivity index is 0.00000172. The minimum Gasteiger partial charge on any atom is -0.296 e. The van der Waals surface area contributed by atoms with Crippen LogP contribution in [-0.4, -0.2) is 24.0 Å². The number of likely N-dealkylation sites (tertiary alicyclic amines) is 1. The van der Waals surface area contributed by atoms with Gasteiger partial charge < -0.3 is 0 Å². The maximum absolute atomic E-state index is 3.65. The van der Waals surface area contributed by atoms with Gasteiger partial charge in [-0.1, -0.05) is 44.7 Å². The zero-order valence-corrected chi connectivity index (χ0v) is 13.9. The number of nitrogens with zero attached hydrogens (tertiary/aromatic N) is 1. The Kier molecular flexibility index (Phi) is 10.8. The van der Waals surface area contributed by atoms with Crippen LogP contribution in [-0.2, 0) is 0 Å². The quantitative estimate of drug-likeness (QED) is 0.486. The zero-order chi connectivity index (χ0) is 15.4. The van der Waals surface area contributed by atoms with Crippen molar-refractivity contribution in [3.8, 4) is 0 Å². The first-order chi connectivity index (χ1) is 9.69. The summed E-state index contributed by atoms with van der Waals surface area (Å²) >= 11 is 0. The smallest absolute Gasteiger partial charge is 0.0242 e. The van der Waals surface area contributed by atoms with E-state index in [0.29, 0.717) is 0 Å². The van der Waals surface area contributed by atoms with Gasteiger partial charge in [-0.15, -0.1) is 5.73 Å². The molecule has 1 heteroatoms. The molecule has 0 bridgehead atoms. The summed E-state index contributed by atoms with van der Waals surface area (Å²) in [6, 6.07) is 0.720. The lowest BCUT2D eigenvalue weighted by Gasteiger charge is -2.22. The molecular weight excluding hydrogens is 242 g/mol. The highest BCUT2D eigenvalue weighted by Gasteiger charge is 2.20. The Morgan fingerprint density at radius 3 is 2.55 bits per heavy atom. The van der Waals surface area contributed by atoms with Crippen LogP contribution in [0.3, 0.4) is 0 Å². The Bertz CT molecular complexity index is 392. The number of allylic oxidation sites excluding steroid dienone is 4. The highest BCUT2D eigenvalue weighted by atomic mass is 15.2. The standard InChI is InChI=1S/C17H25N.C2H6/c1-5-7-8-9-11-15(3)17(6-2)14-18-13-10-12-16(18)4;1-2/h5-9,16H,1,10,12-14H2,2-4H3;1-2H3/b8-7-,17-6-;. The molecule has 0 spiro atoms. The van der Waals surface area contributed by atoms with Gasteiger partial charge in [0.25, 0.3) is 0 Å². The molecule has 1 saturated heterocycles. The topological polar surface area (TPSA) is 3.24 Å². The normalized spacial score (nSPS) is 19.2. The summed E-state index contributed by atoms with van der Waals surface area (Å²) in [4.78, 5) is 2.56. The Morgan fingerprint density at radius 2 is 2.05 bits per heavy atom. The summed E-state index contributed by atoms with van der Waals surface area (Å²) < 4.78 is 0. The van der Waals surface area contributed by atoms with Gasteiger partial charge in [0.1, 0.15) is 0 Å². The van der Waals surface area contributed by atoms with Gasteiger partial charge in [-0.05, 0) is 57.4 Å². The largest absolute Gasteiger partial charge is 0.296 e. The van der Waals surface area contributed by atoms with Crippen molar-refractivity contribution in [3.05, 3.63) is 53.8 Å². The lowest BCUT2D eigenvalue weighted by molar-refractivity contribution is 0.293. The lowest BCUT2D eigenvalue weighted by atomic mass is 10.1. The molecule has 0 aromatic heterocycles. The minimum absolute atomic E-state index is 0.720. The molecule has 0 N–H and O–H groups in total. The van der Waals surface area contributed by atoms with E-state index in [1.54, 1.807) is 6.08 Å². The van der Waals surface area contributed by atoms with Gasteiger partial charge in [-0.25, -0.2) is 0 Å². The van der Waals surface area contributed by atoms with E-state index in [9.17, 15) is 0 Å². The fraction of sp³-hybridized carbons (Fsp3) is 0.526. The summed E-state index contributed by atoms with van der Waals surface area (Å²) in [5.74, 6) is 0. The van der Waals surface area contributed by atoms with Crippen molar-refractivity contribution in [2.24, 2.45) is 0 Å². The van der Waals surface area contributed by atoms with E-state index in [2.05, 4.69) is 44.1 Å². The molecule has 0 aliphatic carbocycles. The van der Waals surface area contributed by atoms with Gasteiger partial charge in [-0.3, -0.25) is 4.90 Å². The van der Waals surface area contributed by atoms with Crippen molar-refractivity contribution in [2.45, 2.75) is 53.5 Å². The van der Waals surface area contributed by atoms with Gasteiger partial charge >= 0.3 is 0 Å². The third-order valence-corrected chi connectivity index (χ3v) is 3.54. The predicted octanol–water partition coefficient (Wildman–Crippen LogP) is 5.29. The predicted molar refractivity (Wildman–Crippen MR) is 92.0 cm³/mol. The zero-order valence-electron chi connectivity index (χ0n) is 13.9. The summed E-state index contributed by atoms with van der Waals surface area (Å²) in [6.07, 6.45) is 12.5. The van der Waals surface area contributed by atoms with Crippen molar-refractivity contribution in [1.29, 1.82) is 0 Å². The van der Waals surface area contributed by atoms with E-state index in [0.717, 1.165) is 12.6 Å². The summed E-state index contributed by atoms with van der Waals surface area (Å²) in [5.41, 5.74) is 5.93. The van der Waals surface area contributed by atoms with Gasteiger partial charge in [-0.2, -0.15) is 0 Å². The van der Waals surface area contributed by atoms with Crippen LogP contribution in [0.15, 0.2) is 53.8 Å². The highest BCUT2D eigenvalue weighted by Crippen LogP contribution is 2.20. The SMILES string of the molecule is C=C/C=C\C=C=C(C)/C(=C\C)CN1CCCC1C.CC. The fourth-order valence-electron chi connectivity index (χ4n) is 2.27. The molecular formula is C19H31N. The molecule has 1 fully saturated rings. The number of hydrogen-bond donors (Lipinski definition) is 0. The van der Waals surface area contributed by atoms with Crippen molar-refractivity contribution < 1.29 is 0 Å². The molecule has 1 aliphatic heterocycles. The third-order valence-electron chi connectivity index (χ3n) is 3.54. The molecule has 1 aliphatic rings. The molecule has 0 amide bonds. The van der Waals surface area contributed by atoms with Gasteiger partial charge in [0.15, 0.2) is 0 Å². The maximum Gasteiger partial charge on any atom is 0.0242 e. The monoisotopic (exact) mass is 273 g/mol. The third kappa shape index (κ3) is 6.75. The van der Waals surface area contributed by atoms with Crippen LogP contribution in [0.4, 0.5) is 0 Å². The van der Waals surface area contributed by atoms with Crippen molar-refractivity contribution in [2.75, 3.05) is 13.1 Å². The van der Waals surface area contributed by atoms with Crippen molar-refractivity contribution >= 4 is 0 Å². The van der Waals surface area contributed by atoms with E-state index in [1.165, 1.54) is 30.5 Å². The van der Waals surface area contributed by atoms with Crippen LogP contribution in [0.5, 0.6) is 0 Å². The van der Waals surface area contributed by atoms with Crippen LogP contribution >= 0.6 is 0 Å². The van der Waals surface area contributed by atoms with Gasteiger partial charge in [0, 0.05) is 12.6 Å².